The molecule has 0 saturated carbocycles. The quantitative estimate of drug-likeness (QED) is 0.680. The second-order valence-electron chi connectivity index (χ2n) is 5.46. The van der Waals surface area contributed by atoms with Gasteiger partial charge in [0.25, 0.3) is 0 Å². The van der Waals surface area contributed by atoms with Gasteiger partial charge in [0.15, 0.2) is 0 Å². The van der Waals surface area contributed by atoms with Gasteiger partial charge in [-0.15, -0.1) is 0 Å². The molecule has 2 aromatic rings. The summed E-state index contributed by atoms with van der Waals surface area (Å²) in [6.07, 6.45) is 2.79. The molecule has 2 aromatic carbocycles. The van der Waals surface area contributed by atoms with Crippen molar-refractivity contribution in [3.8, 4) is 5.75 Å². The molecule has 1 N–H and O–H groups in total. The molecule has 0 saturated heterocycles. The van der Waals surface area contributed by atoms with E-state index in [0.29, 0.717) is 6.61 Å². The van der Waals surface area contributed by atoms with E-state index in [1.807, 2.05) is 24.3 Å². The zero-order valence-corrected chi connectivity index (χ0v) is 12.2. The Kier molecular flexibility index (Phi) is 3.91. The smallest absolute Gasteiger partial charge is 0.123 e. The minimum atomic E-state index is 0.559. The van der Waals surface area contributed by atoms with Crippen molar-refractivity contribution >= 4 is 5.71 Å². The van der Waals surface area contributed by atoms with Gasteiger partial charge < -0.3 is 9.94 Å². The van der Waals surface area contributed by atoms with E-state index in [2.05, 4.69) is 30.3 Å². The maximum Gasteiger partial charge on any atom is 0.123 e. The van der Waals surface area contributed by atoms with Gasteiger partial charge in [0.05, 0.1) is 5.71 Å². The Labute approximate surface area is 124 Å². The molecule has 0 amide bonds. The highest BCUT2D eigenvalue weighted by atomic mass is 16.5. The Bertz CT molecular complexity index is 677. The molecular weight excluding hydrogens is 262 g/mol. The lowest BCUT2D eigenvalue weighted by molar-refractivity contribution is 0.301. The highest BCUT2D eigenvalue weighted by Crippen LogP contribution is 2.30. The van der Waals surface area contributed by atoms with E-state index in [0.717, 1.165) is 41.9 Å². The Morgan fingerprint density at radius 2 is 2.00 bits per heavy atom. The monoisotopic (exact) mass is 281 g/mol. The number of benzene rings is 2. The van der Waals surface area contributed by atoms with Crippen molar-refractivity contribution in [3.63, 3.8) is 0 Å². The molecule has 0 unspecified atom stereocenters. The molecule has 0 heterocycles. The molecule has 0 aromatic heterocycles. The van der Waals surface area contributed by atoms with E-state index in [4.69, 9.17) is 9.94 Å². The maximum atomic E-state index is 9.11. The van der Waals surface area contributed by atoms with Crippen LogP contribution in [0.5, 0.6) is 5.75 Å². The molecule has 3 nitrogen and oxygen atoms in total. The van der Waals surface area contributed by atoms with Gasteiger partial charge in [0.2, 0.25) is 0 Å². The summed E-state index contributed by atoms with van der Waals surface area (Å²) in [5.41, 5.74) is 5.34. The topological polar surface area (TPSA) is 41.8 Å². The highest BCUT2D eigenvalue weighted by Gasteiger charge is 2.19. The number of ether oxygens (including phenoxy) is 1. The van der Waals surface area contributed by atoms with Crippen molar-refractivity contribution in [1.29, 1.82) is 0 Å². The summed E-state index contributed by atoms with van der Waals surface area (Å²) in [6, 6.07) is 14.3. The van der Waals surface area contributed by atoms with Crippen LogP contribution in [0, 0.1) is 6.92 Å². The fourth-order valence-corrected chi connectivity index (χ4v) is 2.86. The summed E-state index contributed by atoms with van der Waals surface area (Å²) in [5.74, 6) is 0.898. The van der Waals surface area contributed by atoms with E-state index in [1.165, 1.54) is 11.1 Å². The molecule has 1 aliphatic rings. The second-order valence-corrected chi connectivity index (χ2v) is 5.46. The number of aryl methyl sites for hydroxylation is 1. The lowest BCUT2D eigenvalue weighted by Crippen LogP contribution is -2.13. The third-order valence-electron chi connectivity index (χ3n) is 3.88. The number of rotatable bonds is 3. The molecule has 1 aliphatic carbocycles. The van der Waals surface area contributed by atoms with Gasteiger partial charge in [-0.25, -0.2) is 0 Å². The van der Waals surface area contributed by atoms with E-state index < -0.39 is 0 Å². The van der Waals surface area contributed by atoms with Crippen LogP contribution in [0.2, 0.25) is 0 Å². The summed E-state index contributed by atoms with van der Waals surface area (Å²) in [4.78, 5) is 0. The standard InChI is InChI=1S/C18H19NO2/c1-13-5-2-6-14(11-13)12-21-18-10-4-7-15-16(18)8-3-9-17(15)19-20/h2,4-7,10-11,20H,3,8-9,12H2,1H3. The van der Waals surface area contributed by atoms with Gasteiger partial charge in [-0.2, -0.15) is 0 Å². The molecule has 108 valence electrons. The summed E-state index contributed by atoms with van der Waals surface area (Å²) in [7, 11) is 0. The zero-order valence-electron chi connectivity index (χ0n) is 12.2. The Hall–Kier alpha value is -2.29. The molecule has 3 rings (SSSR count). The average molecular weight is 281 g/mol. The normalized spacial score (nSPS) is 15.8. The van der Waals surface area contributed by atoms with E-state index in [9.17, 15) is 0 Å². The molecule has 0 spiro atoms. The van der Waals surface area contributed by atoms with Crippen molar-refractivity contribution in [1.82, 2.24) is 0 Å². The third-order valence-corrected chi connectivity index (χ3v) is 3.88. The van der Waals surface area contributed by atoms with Crippen molar-refractivity contribution in [2.45, 2.75) is 32.8 Å². The maximum absolute atomic E-state index is 9.11. The first-order valence-corrected chi connectivity index (χ1v) is 7.29. The summed E-state index contributed by atoms with van der Waals surface area (Å²) < 4.78 is 6.00. The van der Waals surface area contributed by atoms with Crippen LogP contribution >= 0.6 is 0 Å². The Morgan fingerprint density at radius 1 is 1.14 bits per heavy atom. The van der Waals surface area contributed by atoms with E-state index in [1.54, 1.807) is 0 Å². The molecule has 0 aliphatic heterocycles. The minimum absolute atomic E-state index is 0.559. The second kappa shape index (κ2) is 6.00. The van der Waals surface area contributed by atoms with Crippen molar-refractivity contribution in [3.05, 3.63) is 64.7 Å². The lowest BCUT2D eigenvalue weighted by atomic mass is 9.89. The summed E-state index contributed by atoms with van der Waals surface area (Å²) in [5, 5.41) is 12.5. The van der Waals surface area contributed by atoms with Gasteiger partial charge in [-0.3, -0.25) is 0 Å². The Balaban J connectivity index is 1.83. The highest BCUT2D eigenvalue weighted by molar-refractivity contribution is 6.02. The zero-order chi connectivity index (χ0) is 14.7. The number of hydrogen-bond donors (Lipinski definition) is 1. The SMILES string of the molecule is Cc1cccc(COc2cccc3c2CCCC3=NO)c1. The number of hydrogen-bond acceptors (Lipinski definition) is 3. The number of oxime groups is 1. The van der Waals surface area contributed by atoms with Crippen LogP contribution in [-0.2, 0) is 13.0 Å². The van der Waals surface area contributed by atoms with Crippen LogP contribution in [0.3, 0.4) is 0 Å². The molecule has 21 heavy (non-hydrogen) atoms. The summed E-state index contributed by atoms with van der Waals surface area (Å²) in [6.45, 7) is 2.64. The van der Waals surface area contributed by atoms with Gasteiger partial charge in [0.1, 0.15) is 12.4 Å². The molecule has 0 fully saturated rings. The number of fused-ring (bicyclic) bond motifs is 1. The van der Waals surface area contributed by atoms with Crippen LogP contribution in [0.15, 0.2) is 47.6 Å². The Morgan fingerprint density at radius 3 is 2.81 bits per heavy atom. The predicted octanol–water partition coefficient (Wildman–Crippen LogP) is 4.09. The molecular formula is C18H19NO2. The molecule has 0 atom stereocenters. The first-order valence-electron chi connectivity index (χ1n) is 7.29. The fraction of sp³-hybridized carbons (Fsp3) is 0.278. The molecule has 0 bridgehead atoms. The van der Waals surface area contributed by atoms with E-state index >= 15 is 0 Å². The van der Waals surface area contributed by atoms with Crippen molar-refractivity contribution in [2.75, 3.05) is 0 Å². The molecule has 0 radical (unpaired) electrons. The van der Waals surface area contributed by atoms with Crippen LogP contribution < -0.4 is 4.74 Å². The van der Waals surface area contributed by atoms with Gasteiger partial charge in [-0.05, 0) is 37.8 Å². The average Bonchev–Trinajstić information content (AvgIpc) is 2.52. The van der Waals surface area contributed by atoms with Gasteiger partial charge >= 0.3 is 0 Å². The van der Waals surface area contributed by atoms with Crippen molar-refractivity contribution in [2.24, 2.45) is 5.16 Å². The lowest BCUT2D eigenvalue weighted by Gasteiger charge is -2.20. The van der Waals surface area contributed by atoms with E-state index in [-0.39, 0.29) is 0 Å². The van der Waals surface area contributed by atoms with Crippen LogP contribution in [0.25, 0.3) is 0 Å². The summed E-state index contributed by atoms with van der Waals surface area (Å²) >= 11 is 0. The molecule has 3 heteroatoms. The first kappa shape index (κ1) is 13.7. The minimum Gasteiger partial charge on any atom is -0.489 e. The van der Waals surface area contributed by atoms with Crippen LogP contribution in [0.1, 0.15) is 35.1 Å². The first-order chi connectivity index (χ1) is 10.3. The largest absolute Gasteiger partial charge is 0.489 e. The predicted molar refractivity (Wildman–Crippen MR) is 83.2 cm³/mol. The number of nitrogens with zero attached hydrogens (tertiary/aromatic N) is 1. The van der Waals surface area contributed by atoms with Crippen LogP contribution in [0.4, 0.5) is 0 Å². The van der Waals surface area contributed by atoms with Gasteiger partial charge in [0, 0.05) is 11.1 Å². The fourth-order valence-electron chi connectivity index (χ4n) is 2.86. The third kappa shape index (κ3) is 2.92. The van der Waals surface area contributed by atoms with Crippen molar-refractivity contribution < 1.29 is 9.94 Å². The van der Waals surface area contributed by atoms with Crippen LogP contribution in [-0.4, -0.2) is 10.9 Å². The van der Waals surface area contributed by atoms with Gasteiger partial charge in [-0.1, -0.05) is 47.1 Å².